The van der Waals surface area contributed by atoms with Gasteiger partial charge in [-0.1, -0.05) is 32.0 Å². The van der Waals surface area contributed by atoms with Crippen LogP contribution in [0.15, 0.2) is 24.3 Å². The number of carbonyl (C=O) groups is 1. The molecule has 1 saturated heterocycles. The molecule has 92 valence electrons. The third-order valence-electron chi connectivity index (χ3n) is 3.36. The topological polar surface area (TPSA) is 40.5 Å². The maximum absolute atomic E-state index is 12.1. The predicted molar refractivity (Wildman–Crippen MR) is 66.8 cm³/mol. The SMILES string of the molecule is CC1(C)CCN(C(=O)Cc2ccccc2O)C1. The van der Waals surface area contributed by atoms with Crippen LogP contribution in [0.3, 0.4) is 0 Å². The number of phenolic OH excluding ortho intramolecular Hbond substituents is 1. The summed E-state index contributed by atoms with van der Waals surface area (Å²) in [6.45, 7) is 6.01. The van der Waals surface area contributed by atoms with Gasteiger partial charge in [0.25, 0.3) is 0 Å². The number of rotatable bonds is 2. The molecule has 3 heteroatoms. The van der Waals surface area contributed by atoms with Crippen LogP contribution in [0.25, 0.3) is 0 Å². The second kappa shape index (κ2) is 4.40. The Morgan fingerprint density at radius 3 is 2.71 bits per heavy atom. The molecule has 0 aromatic heterocycles. The van der Waals surface area contributed by atoms with Crippen LogP contribution in [0.5, 0.6) is 5.75 Å². The molecule has 1 aromatic rings. The molecule has 1 aromatic carbocycles. The zero-order valence-corrected chi connectivity index (χ0v) is 10.4. The van der Waals surface area contributed by atoms with E-state index in [1.54, 1.807) is 18.2 Å². The fourth-order valence-electron chi connectivity index (χ4n) is 2.26. The van der Waals surface area contributed by atoms with Crippen molar-refractivity contribution in [2.45, 2.75) is 26.7 Å². The molecule has 1 aliphatic heterocycles. The molecule has 0 bridgehead atoms. The van der Waals surface area contributed by atoms with E-state index in [0.717, 1.165) is 19.5 Å². The van der Waals surface area contributed by atoms with E-state index in [0.29, 0.717) is 12.0 Å². The Morgan fingerprint density at radius 1 is 1.41 bits per heavy atom. The van der Waals surface area contributed by atoms with Gasteiger partial charge < -0.3 is 10.0 Å². The van der Waals surface area contributed by atoms with E-state index in [4.69, 9.17) is 0 Å². The lowest BCUT2D eigenvalue weighted by Crippen LogP contribution is -2.31. The first-order chi connectivity index (χ1) is 7.98. The van der Waals surface area contributed by atoms with E-state index < -0.39 is 0 Å². The summed E-state index contributed by atoms with van der Waals surface area (Å²) in [6, 6.07) is 7.03. The summed E-state index contributed by atoms with van der Waals surface area (Å²) in [5, 5.41) is 9.63. The highest BCUT2D eigenvalue weighted by Gasteiger charge is 2.31. The Labute approximate surface area is 102 Å². The molecule has 0 spiro atoms. The van der Waals surface area contributed by atoms with Gasteiger partial charge in [0.2, 0.25) is 5.91 Å². The average Bonchev–Trinajstić information content (AvgIpc) is 2.62. The van der Waals surface area contributed by atoms with E-state index in [2.05, 4.69) is 13.8 Å². The highest BCUT2D eigenvalue weighted by molar-refractivity contribution is 5.79. The van der Waals surface area contributed by atoms with E-state index in [-0.39, 0.29) is 17.1 Å². The van der Waals surface area contributed by atoms with Gasteiger partial charge in [-0.05, 0) is 17.9 Å². The van der Waals surface area contributed by atoms with Crippen LogP contribution in [0.2, 0.25) is 0 Å². The molecule has 1 N–H and O–H groups in total. The van der Waals surface area contributed by atoms with E-state index in [1.165, 1.54) is 0 Å². The molecule has 3 nitrogen and oxygen atoms in total. The molecule has 0 aliphatic carbocycles. The third-order valence-corrected chi connectivity index (χ3v) is 3.36. The second-order valence-electron chi connectivity index (χ2n) is 5.53. The molecule has 0 radical (unpaired) electrons. The van der Waals surface area contributed by atoms with Gasteiger partial charge in [-0.2, -0.15) is 0 Å². The van der Waals surface area contributed by atoms with Crippen molar-refractivity contribution in [3.63, 3.8) is 0 Å². The molecule has 1 amide bonds. The minimum Gasteiger partial charge on any atom is -0.508 e. The number of phenols is 1. The summed E-state index contributed by atoms with van der Waals surface area (Å²) in [5.41, 5.74) is 0.941. The zero-order chi connectivity index (χ0) is 12.5. The van der Waals surface area contributed by atoms with Crippen LogP contribution < -0.4 is 0 Å². The standard InChI is InChI=1S/C14H19NO2/c1-14(2)7-8-15(10-14)13(17)9-11-5-3-4-6-12(11)16/h3-6,16H,7-10H2,1-2H3. The molecule has 0 saturated carbocycles. The van der Waals surface area contributed by atoms with Crippen molar-refractivity contribution < 1.29 is 9.90 Å². The summed E-state index contributed by atoms with van der Waals surface area (Å²) in [4.78, 5) is 14.0. The number of aromatic hydroxyl groups is 1. The highest BCUT2D eigenvalue weighted by Crippen LogP contribution is 2.29. The highest BCUT2D eigenvalue weighted by atomic mass is 16.3. The number of carbonyl (C=O) groups excluding carboxylic acids is 1. The Kier molecular flexibility index (Phi) is 3.09. The fourth-order valence-corrected chi connectivity index (χ4v) is 2.26. The molecule has 2 rings (SSSR count). The van der Waals surface area contributed by atoms with Gasteiger partial charge in [-0.25, -0.2) is 0 Å². The van der Waals surface area contributed by atoms with Gasteiger partial charge in [0.1, 0.15) is 5.75 Å². The van der Waals surface area contributed by atoms with Crippen molar-refractivity contribution in [2.24, 2.45) is 5.41 Å². The van der Waals surface area contributed by atoms with Crippen molar-refractivity contribution in [3.8, 4) is 5.75 Å². The number of hydrogen-bond donors (Lipinski definition) is 1. The van der Waals surface area contributed by atoms with Gasteiger partial charge in [-0.3, -0.25) is 4.79 Å². The van der Waals surface area contributed by atoms with Gasteiger partial charge >= 0.3 is 0 Å². The number of benzene rings is 1. The number of hydrogen-bond acceptors (Lipinski definition) is 2. The maximum atomic E-state index is 12.1. The van der Waals surface area contributed by atoms with E-state index in [1.807, 2.05) is 11.0 Å². The first-order valence-corrected chi connectivity index (χ1v) is 6.03. The van der Waals surface area contributed by atoms with Crippen molar-refractivity contribution in [1.82, 2.24) is 4.90 Å². The van der Waals surface area contributed by atoms with Gasteiger partial charge in [-0.15, -0.1) is 0 Å². The molecule has 1 heterocycles. The monoisotopic (exact) mass is 233 g/mol. The van der Waals surface area contributed by atoms with Crippen molar-refractivity contribution in [1.29, 1.82) is 0 Å². The average molecular weight is 233 g/mol. The zero-order valence-electron chi connectivity index (χ0n) is 10.4. The Balaban J connectivity index is 2.01. The van der Waals surface area contributed by atoms with Crippen LogP contribution in [-0.2, 0) is 11.2 Å². The van der Waals surface area contributed by atoms with Crippen molar-refractivity contribution in [3.05, 3.63) is 29.8 Å². The van der Waals surface area contributed by atoms with Crippen LogP contribution in [0.1, 0.15) is 25.8 Å². The Hall–Kier alpha value is -1.51. The molecule has 0 unspecified atom stereocenters. The van der Waals surface area contributed by atoms with Crippen molar-refractivity contribution in [2.75, 3.05) is 13.1 Å². The number of para-hydroxylation sites is 1. The predicted octanol–water partition coefficient (Wildman–Crippen LogP) is 2.19. The number of amides is 1. The smallest absolute Gasteiger partial charge is 0.227 e. The molecule has 1 aliphatic rings. The normalized spacial score (nSPS) is 18.4. The lowest BCUT2D eigenvalue weighted by atomic mass is 9.93. The summed E-state index contributed by atoms with van der Waals surface area (Å²) in [6.07, 6.45) is 1.35. The maximum Gasteiger partial charge on any atom is 0.227 e. The molecular weight excluding hydrogens is 214 g/mol. The minimum atomic E-state index is 0.108. The molecule has 0 atom stereocenters. The number of nitrogens with zero attached hydrogens (tertiary/aromatic N) is 1. The Morgan fingerprint density at radius 2 is 2.12 bits per heavy atom. The van der Waals surface area contributed by atoms with Crippen LogP contribution in [0, 0.1) is 5.41 Å². The molecule has 1 fully saturated rings. The number of likely N-dealkylation sites (tertiary alicyclic amines) is 1. The van der Waals surface area contributed by atoms with Gasteiger partial charge in [0, 0.05) is 18.7 Å². The minimum absolute atomic E-state index is 0.108. The molecular formula is C14H19NO2. The third kappa shape index (κ3) is 2.78. The van der Waals surface area contributed by atoms with Crippen LogP contribution in [-0.4, -0.2) is 29.0 Å². The van der Waals surface area contributed by atoms with Crippen LogP contribution >= 0.6 is 0 Å². The lowest BCUT2D eigenvalue weighted by molar-refractivity contribution is -0.129. The van der Waals surface area contributed by atoms with Crippen LogP contribution in [0.4, 0.5) is 0 Å². The summed E-state index contributed by atoms with van der Waals surface area (Å²) >= 11 is 0. The van der Waals surface area contributed by atoms with Gasteiger partial charge in [0.05, 0.1) is 6.42 Å². The fraction of sp³-hybridized carbons (Fsp3) is 0.500. The summed E-state index contributed by atoms with van der Waals surface area (Å²) in [5.74, 6) is 0.316. The quantitative estimate of drug-likeness (QED) is 0.850. The summed E-state index contributed by atoms with van der Waals surface area (Å²) in [7, 11) is 0. The van der Waals surface area contributed by atoms with E-state index >= 15 is 0 Å². The summed E-state index contributed by atoms with van der Waals surface area (Å²) < 4.78 is 0. The largest absolute Gasteiger partial charge is 0.508 e. The molecule has 17 heavy (non-hydrogen) atoms. The Bertz CT molecular complexity index is 426. The first kappa shape index (κ1) is 12.0. The van der Waals surface area contributed by atoms with Gasteiger partial charge in [0.15, 0.2) is 0 Å². The van der Waals surface area contributed by atoms with E-state index in [9.17, 15) is 9.90 Å². The second-order valence-corrected chi connectivity index (χ2v) is 5.53. The first-order valence-electron chi connectivity index (χ1n) is 6.03. The lowest BCUT2D eigenvalue weighted by Gasteiger charge is -2.20. The van der Waals surface area contributed by atoms with Crippen molar-refractivity contribution >= 4 is 5.91 Å².